The number of fused-ring (bicyclic) bond motifs is 1. The minimum atomic E-state index is -0.475. The molecule has 2 aromatic rings. The summed E-state index contributed by atoms with van der Waals surface area (Å²) in [6.07, 6.45) is 2.92. The molecule has 0 radical (unpaired) electrons. The van der Waals surface area contributed by atoms with Crippen molar-refractivity contribution < 1.29 is 9.50 Å². The molecule has 12 heavy (non-hydrogen) atoms. The fourth-order valence-electron chi connectivity index (χ4n) is 1.17. The fourth-order valence-corrected chi connectivity index (χ4v) is 1.17. The highest BCUT2D eigenvalue weighted by atomic mass is 19.1. The Morgan fingerprint density at radius 3 is 3.00 bits per heavy atom. The third kappa shape index (κ3) is 0.922. The van der Waals surface area contributed by atoms with Crippen LogP contribution in [-0.4, -0.2) is 14.5 Å². The zero-order valence-electron chi connectivity index (χ0n) is 6.45. The Hall–Kier alpha value is -1.58. The van der Waals surface area contributed by atoms with Crippen LogP contribution >= 0.6 is 0 Å². The highest BCUT2D eigenvalue weighted by Crippen LogP contribution is 2.18. The first-order valence-corrected chi connectivity index (χ1v) is 3.50. The van der Waals surface area contributed by atoms with Crippen LogP contribution in [0.1, 0.15) is 5.69 Å². The lowest BCUT2D eigenvalue weighted by Crippen LogP contribution is -1.85. The zero-order valence-corrected chi connectivity index (χ0v) is 6.45. The molecular weight excluding hydrogens is 159 g/mol. The summed E-state index contributed by atoms with van der Waals surface area (Å²) in [4.78, 5) is 4.00. The highest BCUT2D eigenvalue weighted by Gasteiger charge is 2.04. The summed E-state index contributed by atoms with van der Waals surface area (Å²) in [5.74, 6) is -0.611. The maximum atomic E-state index is 12.7. The van der Waals surface area contributed by atoms with Crippen LogP contribution in [0, 0.1) is 12.7 Å². The van der Waals surface area contributed by atoms with Gasteiger partial charge in [-0.3, -0.25) is 0 Å². The summed E-state index contributed by atoms with van der Waals surface area (Å²) in [5, 5.41) is 9.24. The van der Waals surface area contributed by atoms with Gasteiger partial charge in [0.05, 0.1) is 5.69 Å². The van der Waals surface area contributed by atoms with E-state index in [9.17, 15) is 9.50 Å². The third-order valence-electron chi connectivity index (χ3n) is 1.62. The van der Waals surface area contributed by atoms with Crippen molar-refractivity contribution in [1.82, 2.24) is 9.38 Å². The Balaban J connectivity index is 2.88. The number of hydrogen-bond acceptors (Lipinski definition) is 2. The molecule has 62 valence electrons. The van der Waals surface area contributed by atoms with Crippen molar-refractivity contribution in [2.75, 3.05) is 0 Å². The van der Waals surface area contributed by atoms with E-state index in [0.29, 0.717) is 5.65 Å². The average molecular weight is 166 g/mol. The first-order valence-electron chi connectivity index (χ1n) is 3.50. The van der Waals surface area contributed by atoms with Gasteiger partial charge in [-0.1, -0.05) is 0 Å². The second kappa shape index (κ2) is 2.20. The first kappa shape index (κ1) is 7.09. The molecule has 0 aliphatic rings. The fraction of sp³-hybridized carbons (Fsp3) is 0.125. The summed E-state index contributed by atoms with van der Waals surface area (Å²) in [7, 11) is 0. The number of imidazole rings is 1. The monoisotopic (exact) mass is 166 g/mol. The summed E-state index contributed by atoms with van der Waals surface area (Å²) in [6.45, 7) is 1.78. The van der Waals surface area contributed by atoms with Gasteiger partial charge in [0.25, 0.3) is 0 Å². The van der Waals surface area contributed by atoms with E-state index in [1.165, 1.54) is 10.6 Å². The minimum Gasteiger partial charge on any atom is -0.504 e. The van der Waals surface area contributed by atoms with E-state index in [1.54, 1.807) is 13.1 Å². The highest BCUT2D eigenvalue weighted by molar-refractivity contribution is 5.53. The van der Waals surface area contributed by atoms with Crippen LogP contribution in [0.4, 0.5) is 4.39 Å². The normalized spacial score (nSPS) is 10.8. The standard InChI is InChI=1S/C8H7FN2O/c1-5-3-11-4-6(9)2-7(12)8(11)10-5/h2-4,12H,1H3. The number of nitrogens with zero attached hydrogens (tertiary/aromatic N) is 2. The van der Waals surface area contributed by atoms with Gasteiger partial charge in [0, 0.05) is 18.5 Å². The Morgan fingerprint density at radius 1 is 1.50 bits per heavy atom. The summed E-state index contributed by atoms with van der Waals surface area (Å²) < 4.78 is 14.2. The molecule has 0 aliphatic heterocycles. The maximum absolute atomic E-state index is 12.7. The molecule has 1 N–H and O–H groups in total. The second-order valence-electron chi connectivity index (χ2n) is 2.66. The second-order valence-corrected chi connectivity index (χ2v) is 2.66. The lowest BCUT2D eigenvalue weighted by Gasteiger charge is -1.95. The van der Waals surface area contributed by atoms with Gasteiger partial charge in [0.1, 0.15) is 5.82 Å². The van der Waals surface area contributed by atoms with Crippen LogP contribution in [0.3, 0.4) is 0 Å². The van der Waals surface area contributed by atoms with Gasteiger partial charge < -0.3 is 9.51 Å². The average Bonchev–Trinajstić information content (AvgIpc) is 2.29. The van der Waals surface area contributed by atoms with Gasteiger partial charge in [0.15, 0.2) is 11.4 Å². The molecule has 0 atom stereocenters. The molecule has 0 spiro atoms. The Morgan fingerprint density at radius 2 is 2.25 bits per heavy atom. The largest absolute Gasteiger partial charge is 0.504 e. The number of halogens is 1. The summed E-state index contributed by atoms with van der Waals surface area (Å²) in [5.41, 5.74) is 1.13. The molecule has 2 aromatic heterocycles. The molecule has 0 fully saturated rings. The number of hydrogen-bond donors (Lipinski definition) is 1. The van der Waals surface area contributed by atoms with Gasteiger partial charge in [-0.25, -0.2) is 9.37 Å². The van der Waals surface area contributed by atoms with Crippen LogP contribution < -0.4 is 0 Å². The van der Waals surface area contributed by atoms with Crippen molar-refractivity contribution in [3.05, 3.63) is 30.0 Å². The molecule has 0 aromatic carbocycles. The number of rotatable bonds is 0. The van der Waals surface area contributed by atoms with Crippen molar-refractivity contribution in [2.24, 2.45) is 0 Å². The van der Waals surface area contributed by atoms with Gasteiger partial charge in [-0.05, 0) is 6.92 Å². The van der Waals surface area contributed by atoms with Crippen LogP contribution in [0.15, 0.2) is 18.5 Å². The van der Waals surface area contributed by atoms with Crippen LogP contribution in [0.5, 0.6) is 5.75 Å². The van der Waals surface area contributed by atoms with Crippen LogP contribution in [0.25, 0.3) is 5.65 Å². The molecule has 0 aliphatic carbocycles. The summed E-state index contributed by atoms with van der Waals surface area (Å²) in [6, 6.07) is 1.04. The molecule has 4 heteroatoms. The molecule has 0 saturated heterocycles. The van der Waals surface area contributed by atoms with Gasteiger partial charge >= 0.3 is 0 Å². The number of aryl methyl sites for hydroxylation is 1. The van der Waals surface area contributed by atoms with E-state index >= 15 is 0 Å². The van der Waals surface area contributed by atoms with Crippen molar-refractivity contribution >= 4 is 5.65 Å². The van der Waals surface area contributed by atoms with E-state index in [4.69, 9.17) is 0 Å². The van der Waals surface area contributed by atoms with E-state index in [-0.39, 0.29) is 5.75 Å². The molecule has 0 unspecified atom stereocenters. The van der Waals surface area contributed by atoms with E-state index in [1.807, 2.05) is 0 Å². The molecule has 0 bridgehead atoms. The molecule has 2 heterocycles. The molecular formula is C8H7FN2O. The minimum absolute atomic E-state index is 0.136. The molecule has 0 saturated carbocycles. The maximum Gasteiger partial charge on any atom is 0.179 e. The summed E-state index contributed by atoms with van der Waals surface area (Å²) >= 11 is 0. The Bertz CT molecular complexity index is 436. The molecule has 2 rings (SSSR count). The number of pyridine rings is 1. The van der Waals surface area contributed by atoms with Crippen molar-refractivity contribution in [1.29, 1.82) is 0 Å². The quantitative estimate of drug-likeness (QED) is 0.643. The van der Waals surface area contributed by atoms with Gasteiger partial charge in [-0.15, -0.1) is 0 Å². The van der Waals surface area contributed by atoms with Crippen molar-refractivity contribution in [3.63, 3.8) is 0 Å². The lowest BCUT2D eigenvalue weighted by molar-refractivity contribution is 0.470. The van der Waals surface area contributed by atoms with Gasteiger partial charge in [-0.2, -0.15) is 0 Å². The SMILES string of the molecule is Cc1cn2cc(F)cc(O)c2n1. The molecule has 0 amide bonds. The van der Waals surface area contributed by atoms with Gasteiger partial charge in [0.2, 0.25) is 0 Å². The van der Waals surface area contributed by atoms with E-state index < -0.39 is 5.82 Å². The third-order valence-corrected chi connectivity index (χ3v) is 1.62. The van der Waals surface area contributed by atoms with E-state index in [0.717, 1.165) is 11.8 Å². The Labute approximate surface area is 68.1 Å². The molecule has 3 nitrogen and oxygen atoms in total. The number of aromatic hydroxyl groups is 1. The predicted octanol–water partition coefficient (Wildman–Crippen LogP) is 1.49. The Kier molecular flexibility index (Phi) is 1.30. The van der Waals surface area contributed by atoms with Crippen LogP contribution in [-0.2, 0) is 0 Å². The van der Waals surface area contributed by atoms with Crippen LogP contribution in [0.2, 0.25) is 0 Å². The van der Waals surface area contributed by atoms with Crippen molar-refractivity contribution in [3.8, 4) is 5.75 Å². The van der Waals surface area contributed by atoms with E-state index in [2.05, 4.69) is 4.98 Å². The first-order chi connectivity index (χ1) is 5.66. The predicted molar refractivity (Wildman–Crippen MR) is 41.6 cm³/mol. The lowest BCUT2D eigenvalue weighted by atomic mass is 10.4. The smallest absolute Gasteiger partial charge is 0.179 e. The zero-order chi connectivity index (χ0) is 8.72. The number of aromatic nitrogens is 2. The van der Waals surface area contributed by atoms with Crippen molar-refractivity contribution in [2.45, 2.75) is 6.92 Å². The topological polar surface area (TPSA) is 37.5 Å².